The van der Waals surface area contributed by atoms with E-state index in [9.17, 15) is 0 Å². The van der Waals surface area contributed by atoms with Crippen LogP contribution in [0.15, 0.2) is 30.5 Å². The highest BCUT2D eigenvalue weighted by molar-refractivity contribution is 5.21. The third-order valence-corrected chi connectivity index (χ3v) is 0.725. The Morgan fingerprint density at radius 1 is 1.67 bits per heavy atom. The molecule has 1 aliphatic carbocycles. The lowest BCUT2D eigenvalue weighted by Crippen LogP contribution is -1.56. The molecular formula is C6H6. The molecule has 0 aromatic carbocycles. The Balaban J connectivity index is 2.36. The maximum absolute atomic E-state index is 3.42. The molecule has 30 valence electrons. The van der Waals surface area contributed by atoms with Gasteiger partial charge in [0, 0.05) is 5.92 Å². The first-order chi connectivity index (χ1) is 2.93. The van der Waals surface area contributed by atoms with Gasteiger partial charge in [-0.15, -0.1) is 5.73 Å². The largest absolute Gasteiger partial charge is 0.132 e. The van der Waals surface area contributed by atoms with Gasteiger partial charge >= 0.3 is 0 Å². The molecule has 0 nitrogen and oxygen atoms in total. The molecule has 0 saturated carbocycles. The van der Waals surface area contributed by atoms with Gasteiger partial charge in [-0.25, -0.2) is 0 Å². The van der Waals surface area contributed by atoms with E-state index in [-0.39, 0.29) is 0 Å². The zero-order valence-electron chi connectivity index (χ0n) is 3.52. The molecule has 1 rings (SSSR count). The summed E-state index contributed by atoms with van der Waals surface area (Å²) in [5, 5.41) is 0. The second kappa shape index (κ2) is 1.16. The average molecular weight is 78.1 g/mol. The predicted molar refractivity (Wildman–Crippen MR) is 26.3 cm³/mol. The van der Waals surface area contributed by atoms with Gasteiger partial charge in [-0.2, -0.15) is 0 Å². The van der Waals surface area contributed by atoms with Gasteiger partial charge < -0.3 is 0 Å². The summed E-state index contributed by atoms with van der Waals surface area (Å²) in [7, 11) is 0. The Bertz CT molecular complexity index is 108. The summed E-state index contributed by atoms with van der Waals surface area (Å²) in [5.41, 5.74) is 2.69. The second-order valence-electron chi connectivity index (χ2n) is 1.33. The van der Waals surface area contributed by atoms with E-state index in [1.54, 1.807) is 0 Å². The van der Waals surface area contributed by atoms with Gasteiger partial charge in [0.2, 0.25) is 0 Å². The van der Waals surface area contributed by atoms with E-state index in [4.69, 9.17) is 0 Å². The number of rotatable bonds is 1. The summed E-state index contributed by atoms with van der Waals surface area (Å²) >= 11 is 0. The van der Waals surface area contributed by atoms with Crippen molar-refractivity contribution in [2.45, 2.75) is 0 Å². The molecule has 0 heterocycles. The van der Waals surface area contributed by atoms with Crippen molar-refractivity contribution in [2.75, 3.05) is 0 Å². The van der Waals surface area contributed by atoms with E-state index in [1.165, 1.54) is 0 Å². The molecular weight excluding hydrogens is 72.1 g/mol. The van der Waals surface area contributed by atoms with E-state index < -0.39 is 0 Å². The average Bonchev–Trinajstić information content (AvgIpc) is 2.21. The van der Waals surface area contributed by atoms with Crippen LogP contribution in [0, 0.1) is 5.92 Å². The summed E-state index contributed by atoms with van der Waals surface area (Å²) in [4.78, 5) is 0. The van der Waals surface area contributed by atoms with Gasteiger partial charge in [0.05, 0.1) is 0 Å². The molecule has 0 amide bonds. The van der Waals surface area contributed by atoms with Crippen LogP contribution in [0.2, 0.25) is 0 Å². The van der Waals surface area contributed by atoms with Crippen LogP contribution in [0.3, 0.4) is 0 Å². The molecule has 0 spiro atoms. The minimum atomic E-state index is 0.600. The molecule has 0 heteroatoms. The molecule has 0 bridgehead atoms. The summed E-state index contributed by atoms with van der Waals surface area (Å²) < 4.78 is 0. The van der Waals surface area contributed by atoms with E-state index >= 15 is 0 Å². The highest BCUT2D eigenvalue weighted by atomic mass is 14.1. The third-order valence-electron chi connectivity index (χ3n) is 0.725. The minimum absolute atomic E-state index is 0.600. The zero-order valence-corrected chi connectivity index (χ0v) is 3.52. The number of allylic oxidation sites excluding steroid dienone is 3. The van der Waals surface area contributed by atoms with Crippen LogP contribution in [0.1, 0.15) is 0 Å². The lowest BCUT2D eigenvalue weighted by molar-refractivity contribution is 1.26. The molecule has 0 aromatic heterocycles. The van der Waals surface area contributed by atoms with Crippen LogP contribution in [-0.4, -0.2) is 0 Å². The molecule has 0 aromatic rings. The fourth-order valence-corrected chi connectivity index (χ4v) is 0.311. The summed E-state index contributed by atoms with van der Waals surface area (Å²) in [6.07, 6.45) is 6.12. The predicted octanol–water partition coefficient (Wildman–Crippen LogP) is 1.51. The van der Waals surface area contributed by atoms with Crippen LogP contribution < -0.4 is 0 Å². The first kappa shape index (κ1) is 3.45. The van der Waals surface area contributed by atoms with Gasteiger partial charge in [-0.05, 0) is 6.08 Å². The van der Waals surface area contributed by atoms with E-state index in [2.05, 4.69) is 24.5 Å². The maximum atomic E-state index is 3.42. The van der Waals surface area contributed by atoms with Gasteiger partial charge in [-0.3, -0.25) is 0 Å². The Morgan fingerprint density at radius 2 is 2.33 bits per heavy atom. The van der Waals surface area contributed by atoms with Gasteiger partial charge in [0.15, 0.2) is 0 Å². The molecule has 6 heavy (non-hydrogen) atoms. The van der Waals surface area contributed by atoms with Crippen molar-refractivity contribution < 1.29 is 0 Å². The van der Waals surface area contributed by atoms with Crippen LogP contribution in [0.4, 0.5) is 0 Å². The van der Waals surface area contributed by atoms with Crippen molar-refractivity contribution in [2.24, 2.45) is 5.92 Å². The number of hydrogen-bond acceptors (Lipinski definition) is 0. The van der Waals surface area contributed by atoms with Crippen molar-refractivity contribution in [3.05, 3.63) is 30.5 Å². The Morgan fingerprint density at radius 3 is 2.50 bits per heavy atom. The van der Waals surface area contributed by atoms with Crippen molar-refractivity contribution in [1.82, 2.24) is 0 Å². The van der Waals surface area contributed by atoms with Crippen molar-refractivity contribution in [1.29, 1.82) is 0 Å². The fraction of sp³-hybridized carbons (Fsp3) is 0.167. The lowest BCUT2D eigenvalue weighted by atomic mass is 10.4. The van der Waals surface area contributed by atoms with Gasteiger partial charge in [0.25, 0.3) is 0 Å². The maximum Gasteiger partial charge on any atom is 0.0203 e. The van der Waals surface area contributed by atoms with Gasteiger partial charge in [-0.1, -0.05) is 18.7 Å². The molecule has 0 saturated heterocycles. The molecule has 0 aliphatic heterocycles. The Labute approximate surface area is 37.5 Å². The normalized spacial score (nSPS) is 16.7. The first-order valence-corrected chi connectivity index (χ1v) is 1.98. The quantitative estimate of drug-likeness (QED) is 0.329. The van der Waals surface area contributed by atoms with E-state index in [0.717, 1.165) is 0 Å². The topological polar surface area (TPSA) is 0 Å². The van der Waals surface area contributed by atoms with Gasteiger partial charge in [0.1, 0.15) is 0 Å². The summed E-state index contributed by atoms with van der Waals surface area (Å²) in [6, 6.07) is 0. The second-order valence-corrected chi connectivity index (χ2v) is 1.33. The number of hydrogen-bond donors (Lipinski definition) is 0. The van der Waals surface area contributed by atoms with Crippen LogP contribution in [0.25, 0.3) is 0 Å². The highest BCUT2D eigenvalue weighted by Crippen LogP contribution is 2.15. The minimum Gasteiger partial charge on any atom is -0.132 e. The van der Waals surface area contributed by atoms with Crippen LogP contribution in [0.5, 0.6) is 0 Å². The molecule has 0 N–H and O–H groups in total. The lowest BCUT2D eigenvalue weighted by Gasteiger charge is -1.67. The highest BCUT2D eigenvalue weighted by Gasteiger charge is 2.02. The Kier molecular flexibility index (Phi) is 0.664. The molecule has 0 radical (unpaired) electrons. The smallest absolute Gasteiger partial charge is 0.0203 e. The van der Waals surface area contributed by atoms with Crippen molar-refractivity contribution in [3.63, 3.8) is 0 Å². The Hall–Kier alpha value is -0.740. The van der Waals surface area contributed by atoms with E-state index in [0.29, 0.717) is 5.92 Å². The van der Waals surface area contributed by atoms with Crippen LogP contribution >= 0.6 is 0 Å². The SMILES string of the molecule is C=C=CC1C=C1. The first-order valence-electron chi connectivity index (χ1n) is 1.98. The monoisotopic (exact) mass is 78.0 g/mol. The van der Waals surface area contributed by atoms with Crippen LogP contribution in [-0.2, 0) is 0 Å². The molecule has 0 unspecified atom stereocenters. The molecule has 0 atom stereocenters. The molecule has 1 aliphatic rings. The third kappa shape index (κ3) is 0.602. The summed E-state index contributed by atoms with van der Waals surface area (Å²) in [5.74, 6) is 0.600. The fourth-order valence-electron chi connectivity index (χ4n) is 0.311. The van der Waals surface area contributed by atoms with Crippen molar-refractivity contribution in [3.8, 4) is 0 Å². The molecule has 0 fully saturated rings. The van der Waals surface area contributed by atoms with Crippen molar-refractivity contribution >= 4 is 0 Å². The standard InChI is InChI=1S/C6H6/c1-2-3-6-4-5-6/h3-6H,1H2. The zero-order chi connectivity index (χ0) is 4.41. The van der Waals surface area contributed by atoms with E-state index in [1.807, 2.05) is 6.08 Å². The summed E-state index contributed by atoms with van der Waals surface area (Å²) in [6.45, 7) is 3.42.